The molecule has 0 aliphatic carbocycles. The average Bonchev–Trinajstić information content (AvgIpc) is 2.54. The topological polar surface area (TPSA) is 72.5 Å². The van der Waals surface area contributed by atoms with Crippen LogP contribution in [-0.4, -0.2) is 44.5 Å². The number of rotatable bonds is 6. The van der Waals surface area contributed by atoms with Gasteiger partial charge < -0.3 is 20.1 Å². The average molecular weight is 293 g/mol. The molecule has 21 heavy (non-hydrogen) atoms. The molecule has 1 aromatic heterocycles. The maximum Gasteiger partial charge on any atom is 0.315 e. The van der Waals surface area contributed by atoms with E-state index in [1.54, 1.807) is 13.3 Å². The van der Waals surface area contributed by atoms with Crippen LogP contribution >= 0.6 is 0 Å². The Morgan fingerprint density at radius 1 is 1.52 bits per heavy atom. The molecule has 1 fully saturated rings. The first-order chi connectivity index (χ1) is 10.3. The largest absolute Gasteiger partial charge is 0.383 e. The third-order valence-corrected chi connectivity index (χ3v) is 3.66. The molecule has 0 unspecified atom stereocenters. The summed E-state index contributed by atoms with van der Waals surface area (Å²) in [6, 6.07) is 3.69. The van der Waals surface area contributed by atoms with E-state index in [9.17, 15) is 4.79 Å². The third-order valence-electron chi connectivity index (χ3n) is 3.66. The lowest BCUT2D eigenvalue weighted by molar-refractivity contribution is 0.0547. The Kier molecular flexibility index (Phi) is 6.43. The van der Waals surface area contributed by atoms with E-state index in [1.807, 2.05) is 18.3 Å². The van der Waals surface area contributed by atoms with Crippen molar-refractivity contribution < 1.29 is 14.3 Å². The van der Waals surface area contributed by atoms with Crippen LogP contribution in [0.3, 0.4) is 0 Å². The highest BCUT2D eigenvalue weighted by atomic mass is 16.5. The molecule has 1 aliphatic rings. The highest BCUT2D eigenvalue weighted by Crippen LogP contribution is 2.29. The van der Waals surface area contributed by atoms with Crippen LogP contribution in [0.5, 0.6) is 0 Å². The van der Waals surface area contributed by atoms with Gasteiger partial charge in [0, 0.05) is 39.3 Å². The zero-order valence-corrected chi connectivity index (χ0v) is 12.4. The first kappa shape index (κ1) is 15.7. The Labute approximate surface area is 125 Å². The molecule has 2 N–H and O–H groups in total. The minimum absolute atomic E-state index is 0.0369. The number of methoxy groups -OCH3 is 1. The van der Waals surface area contributed by atoms with Gasteiger partial charge in [0.1, 0.15) is 0 Å². The fourth-order valence-corrected chi connectivity index (χ4v) is 2.54. The van der Waals surface area contributed by atoms with Crippen molar-refractivity contribution in [2.45, 2.75) is 18.9 Å². The molecule has 0 saturated carbocycles. The van der Waals surface area contributed by atoms with Crippen molar-refractivity contribution in [3.05, 3.63) is 30.1 Å². The maximum absolute atomic E-state index is 12.0. The molecular weight excluding hydrogens is 270 g/mol. The van der Waals surface area contributed by atoms with Gasteiger partial charge in [-0.25, -0.2) is 4.79 Å². The molecule has 1 atom stereocenters. The smallest absolute Gasteiger partial charge is 0.315 e. The predicted octanol–water partition coefficient (Wildman–Crippen LogP) is 1.49. The van der Waals surface area contributed by atoms with E-state index in [0.717, 1.165) is 31.6 Å². The number of ether oxygens (including phenoxy) is 2. The molecule has 0 spiro atoms. The van der Waals surface area contributed by atoms with E-state index in [4.69, 9.17) is 9.47 Å². The predicted molar refractivity (Wildman–Crippen MR) is 78.9 cm³/mol. The monoisotopic (exact) mass is 293 g/mol. The normalized spacial score (nSPS) is 17.2. The van der Waals surface area contributed by atoms with Gasteiger partial charge in [-0.05, 0) is 30.4 Å². The molecule has 1 saturated heterocycles. The number of hydrogen-bond donors (Lipinski definition) is 2. The summed E-state index contributed by atoms with van der Waals surface area (Å²) in [5.74, 6) is 0.371. The van der Waals surface area contributed by atoms with Crippen LogP contribution in [0.4, 0.5) is 4.79 Å². The van der Waals surface area contributed by atoms with Crippen molar-refractivity contribution in [1.29, 1.82) is 0 Å². The summed E-state index contributed by atoms with van der Waals surface area (Å²) in [6.45, 7) is 2.49. The number of carbonyl (C=O) groups is 1. The molecule has 6 nitrogen and oxygen atoms in total. The molecule has 116 valence electrons. The molecule has 2 rings (SSSR count). The van der Waals surface area contributed by atoms with Crippen molar-refractivity contribution in [2.75, 3.05) is 33.5 Å². The van der Waals surface area contributed by atoms with Crippen molar-refractivity contribution in [1.82, 2.24) is 15.6 Å². The SMILES string of the molecule is COCCNC(=O)N[C@H](c1cccnc1)C1CCOCC1. The second kappa shape index (κ2) is 8.59. The van der Waals surface area contributed by atoms with Gasteiger partial charge in [-0.2, -0.15) is 0 Å². The van der Waals surface area contributed by atoms with Gasteiger partial charge in [-0.3, -0.25) is 4.98 Å². The van der Waals surface area contributed by atoms with E-state index >= 15 is 0 Å². The Morgan fingerprint density at radius 2 is 2.33 bits per heavy atom. The van der Waals surface area contributed by atoms with Crippen LogP contribution < -0.4 is 10.6 Å². The molecule has 6 heteroatoms. The van der Waals surface area contributed by atoms with Gasteiger partial charge in [-0.1, -0.05) is 6.07 Å². The summed E-state index contributed by atoms with van der Waals surface area (Å²) in [5.41, 5.74) is 1.03. The van der Waals surface area contributed by atoms with E-state index in [2.05, 4.69) is 15.6 Å². The number of nitrogens with one attached hydrogen (secondary N) is 2. The van der Waals surface area contributed by atoms with Crippen LogP contribution in [0, 0.1) is 5.92 Å². The fourth-order valence-electron chi connectivity index (χ4n) is 2.54. The van der Waals surface area contributed by atoms with E-state index in [0.29, 0.717) is 19.1 Å². The Morgan fingerprint density at radius 3 is 3.00 bits per heavy atom. The van der Waals surface area contributed by atoms with Crippen molar-refractivity contribution >= 4 is 6.03 Å². The molecule has 0 radical (unpaired) electrons. The van der Waals surface area contributed by atoms with Gasteiger partial charge in [0.25, 0.3) is 0 Å². The summed E-state index contributed by atoms with van der Waals surface area (Å²) in [4.78, 5) is 16.2. The number of amides is 2. The minimum atomic E-state index is -0.174. The standard InChI is InChI=1S/C15H23N3O3/c1-20-10-7-17-15(19)18-14(12-4-8-21-9-5-12)13-3-2-6-16-11-13/h2-3,6,11-12,14H,4-5,7-10H2,1H3,(H2,17,18,19)/t14-/m0/s1. The van der Waals surface area contributed by atoms with Crippen LogP contribution in [0.15, 0.2) is 24.5 Å². The molecule has 2 amide bonds. The van der Waals surface area contributed by atoms with Crippen molar-refractivity contribution in [3.63, 3.8) is 0 Å². The van der Waals surface area contributed by atoms with Gasteiger partial charge in [0.05, 0.1) is 12.6 Å². The summed E-state index contributed by atoms with van der Waals surface area (Å²) in [5, 5.41) is 5.86. The highest BCUT2D eigenvalue weighted by molar-refractivity contribution is 5.74. The second-order valence-electron chi connectivity index (χ2n) is 5.11. The van der Waals surface area contributed by atoms with Gasteiger partial charge in [-0.15, -0.1) is 0 Å². The van der Waals surface area contributed by atoms with Gasteiger partial charge >= 0.3 is 6.03 Å². The third kappa shape index (κ3) is 4.99. The minimum Gasteiger partial charge on any atom is -0.383 e. The van der Waals surface area contributed by atoms with E-state index in [1.165, 1.54) is 0 Å². The molecule has 0 bridgehead atoms. The Balaban J connectivity index is 1.99. The number of nitrogens with zero attached hydrogens (tertiary/aromatic N) is 1. The van der Waals surface area contributed by atoms with Crippen molar-refractivity contribution in [3.8, 4) is 0 Å². The summed E-state index contributed by atoms with van der Waals surface area (Å²) >= 11 is 0. The quantitative estimate of drug-likeness (QED) is 0.780. The van der Waals surface area contributed by atoms with Crippen LogP contribution in [0.2, 0.25) is 0 Å². The van der Waals surface area contributed by atoms with E-state index < -0.39 is 0 Å². The first-order valence-electron chi connectivity index (χ1n) is 7.32. The van der Waals surface area contributed by atoms with Crippen molar-refractivity contribution in [2.24, 2.45) is 5.92 Å². The zero-order chi connectivity index (χ0) is 14.9. The van der Waals surface area contributed by atoms with E-state index in [-0.39, 0.29) is 12.1 Å². The summed E-state index contributed by atoms with van der Waals surface area (Å²) < 4.78 is 10.3. The molecular formula is C15H23N3O3. The lowest BCUT2D eigenvalue weighted by Crippen LogP contribution is -2.42. The summed E-state index contributed by atoms with van der Waals surface area (Å²) in [7, 11) is 1.61. The Bertz CT molecular complexity index is 421. The number of hydrogen-bond acceptors (Lipinski definition) is 4. The number of carbonyl (C=O) groups excluding carboxylic acids is 1. The molecule has 1 aliphatic heterocycles. The highest BCUT2D eigenvalue weighted by Gasteiger charge is 2.26. The number of aromatic nitrogens is 1. The van der Waals surface area contributed by atoms with Gasteiger partial charge in [0.2, 0.25) is 0 Å². The summed E-state index contributed by atoms with van der Waals surface area (Å²) in [6.07, 6.45) is 5.44. The lowest BCUT2D eigenvalue weighted by atomic mass is 9.88. The first-order valence-corrected chi connectivity index (χ1v) is 7.32. The molecule has 0 aromatic carbocycles. The number of urea groups is 1. The van der Waals surface area contributed by atoms with Crippen LogP contribution in [-0.2, 0) is 9.47 Å². The molecule has 2 heterocycles. The lowest BCUT2D eigenvalue weighted by Gasteiger charge is -2.31. The zero-order valence-electron chi connectivity index (χ0n) is 12.4. The van der Waals surface area contributed by atoms with Crippen LogP contribution in [0.1, 0.15) is 24.4 Å². The Hall–Kier alpha value is -1.66. The molecule has 1 aromatic rings. The fraction of sp³-hybridized carbons (Fsp3) is 0.600. The second-order valence-corrected chi connectivity index (χ2v) is 5.11. The number of pyridine rings is 1. The van der Waals surface area contributed by atoms with Crippen LogP contribution in [0.25, 0.3) is 0 Å². The van der Waals surface area contributed by atoms with Gasteiger partial charge in [0.15, 0.2) is 0 Å². The maximum atomic E-state index is 12.0.